The monoisotopic (exact) mass is 349 g/mol. The van der Waals surface area contributed by atoms with Crippen LogP contribution in [0.3, 0.4) is 0 Å². The summed E-state index contributed by atoms with van der Waals surface area (Å²) in [6, 6.07) is 18.2. The van der Waals surface area contributed by atoms with Crippen LogP contribution in [-0.4, -0.2) is 28.6 Å². The van der Waals surface area contributed by atoms with Crippen molar-refractivity contribution < 1.29 is 50.4 Å². The predicted molar refractivity (Wildman–Crippen MR) is 89.4 cm³/mol. The Balaban J connectivity index is 0.00000169. The van der Waals surface area contributed by atoms with Gasteiger partial charge in [-0.1, -0.05) is 60.7 Å². The van der Waals surface area contributed by atoms with Gasteiger partial charge >= 0.3 is 41.6 Å². The summed E-state index contributed by atoms with van der Waals surface area (Å²) in [5.41, 5.74) is 1.72. The number of carboxylic acids is 1. The summed E-state index contributed by atoms with van der Waals surface area (Å²) in [7, 11) is 0. The van der Waals surface area contributed by atoms with Crippen molar-refractivity contribution in [2.75, 3.05) is 6.54 Å². The van der Waals surface area contributed by atoms with Crippen LogP contribution in [0, 0.1) is 5.92 Å². The Hall–Kier alpha value is -1.82. The van der Waals surface area contributed by atoms with E-state index in [4.69, 9.17) is 4.74 Å². The number of rotatable bonds is 4. The van der Waals surface area contributed by atoms with Gasteiger partial charge in [-0.25, -0.2) is 4.79 Å². The molecule has 1 amide bonds. The van der Waals surface area contributed by atoms with Gasteiger partial charge in [0.15, 0.2) is 0 Å². The standard InChI is InChI=1S/C19H19NO4.Na.H/c21-18(22)16-11-12-20(17(16)15-9-5-2-6-10-15)19(23)24-13-14-7-3-1-4-8-14;;/h1-10,16-17H,11-13H2,(H,21,22);;/q;+1;-1/t16-,17+;;/m0../s1. The topological polar surface area (TPSA) is 66.8 Å². The molecule has 2 aromatic rings. The quantitative estimate of drug-likeness (QED) is 0.821. The van der Waals surface area contributed by atoms with Crippen LogP contribution in [0.4, 0.5) is 4.79 Å². The number of carbonyl (C=O) groups excluding carboxylic acids is 1. The molecule has 1 aliphatic rings. The molecule has 3 rings (SSSR count). The molecular weight excluding hydrogens is 329 g/mol. The second-order valence-electron chi connectivity index (χ2n) is 5.82. The van der Waals surface area contributed by atoms with Crippen LogP contribution in [-0.2, 0) is 16.1 Å². The molecule has 0 aliphatic carbocycles. The fourth-order valence-electron chi connectivity index (χ4n) is 3.12. The van der Waals surface area contributed by atoms with Gasteiger partial charge in [0.2, 0.25) is 0 Å². The Kier molecular flexibility index (Phi) is 7.05. The van der Waals surface area contributed by atoms with E-state index >= 15 is 0 Å². The number of ether oxygens (including phenoxy) is 1. The number of likely N-dealkylation sites (tertiary alicyclic amines) is 1. The molecule has 2 aromatic carbocycles. The van der Waals surface area contributed by atoms with E-state index in [2.05, 4.69) is 0 Å². The van der Waals surface area contributed by atoms with Crippen molar-refractivity contribution in [1.82, 2.24) is 4.90 Å². The second-order valence-corrected chi connectivity index (χ2v) is 5.82. The minimum absolute atomic E-state index is 0. The van der Waals surface area contributed by atoms with Crippen molar-refractivity contribution >= 4 is 12.1 Å². The third kappa shape index (κ3) is 4.63. The van der Waals surface area contributed by atoms with Gasteiger partial charge in [-0.3, -0.25) is 4.79 Å². The number of hydrogen-bond donors (Lipinski definition) is 1. The molecule has 2 atom stereocenters. The molecule has 0 saturated carbocycles. The Morgan fingerprint density at radius 2 is 1.68 bits per heavy atom. The molecule has 25 heavy (non-hydrogen) atoms. The number of nitrogens with zero attached hydrogens (tertiary/aromatic N) is 1. The summed E-state index contributed by atoms with van der Waals surface area (Å²) in [6.45, 7) is 0.555. The smallest absolute Gasteiger partial charge is 1.00 e. The summed E-state index contributed by atoms with van der Waals surface area (Å²) in [5.74, 6) is -1.50. The van der Waals surface area contributed by atoms with Crippen LogP contribution < -0.4 is 29.6 Å². The molecule has 1 aliphatic heterocycles. The van der Waals surface area contributed by atoms with Gasteiger partial charge in [-0.05, 0) is 17.5 Å². The van der Waals surface area contributed by atoms with E-state index in [0.717, 1.165) is 11.1 Å². The van der Waals surface area contributed by atoms with Crippen molar-refractivity contribution in [3.05, 3.63) is 71.8 Å². The van der Waals surface area contributed by atoms with E-state index in [1.54, 1.807) is 0 Å². The summed E-state index contributed by atoms with van der Waals surface area (Å²) in [6.07, 6.45) is -0.0496. The molecule has 0 bridgehead atoms. The molecule has 1 heterocycles. The van der Waals surface area contributed by atoms with Gasteiger partial charge in [0.25, 0.3) is 0 Å². The van der Waals surface area contributed by atoms with E-state index in [1.165, 1.54) is 4.90 Å². The zero-order valence-electron chi connectivity index (χ0n) is 15.2. The molecule has 0 spiro atoms. The molecule has 0 aromatic heterocycles. The average molecular weight is 349 g/mol. The molecule has 5 nitrogen and oxygen atoms in total. The zero-order chi connectivity index (χ0) is 16.9. The summed E-state index contributed by atoms with van der Waals surface area (Å²) >= 11 is 0. The maximum Gasteiger partial charge on any atom is 1.00 e. The minimum Gasteiger partial charge on any atom is -1.00 e. The Morgan fingerprint density at radius 3 is 2.28 bits per heavy atom. The van der Waals surface area contributed by atoms with E-state index in [0.29, 0.717) is 13.0 Å². The second kappa shape index (κ2) is 9.04. The van der Waals surface area contributed by atoms with E-state index in [9.17, 15) is 14.7 Å². The van der Waals surface area contributed by atoms with E-state index < -0.39 is 24.0 Å². The molecule has 0 unspecified atom stereocenters. The predicted octanol–water partition coefficient (Wildman–Crippen LogP) is 0.588. The molecule has 1 N–H and O–H groups in total. The third-order valence-electron chi connectivity index (χ3n) is 4.30. The fourth-order valence-corrected chi connectivity index (χ4v) is 3.12. The largest absolute Gasteiger partial charge is 1.00 e. The molecule has 1 saturated heterocycles. The Labute approximate surface area is 170 Å². The van der Waals surface area contributed by atoms with E-state index in [-0.39, 0.29) is 37.6 Å². The average Bonchev–Trinajstić information content (AvgIpc) is 3.07. The normalized spacial score (nSPS) is 19.1. The summed E-state index contributed by atoms with van der Waals surface area (Å²) < 4.78 is 5.39. The van der Waals surface area contributed by atoms with Crippen molar-refractivity contribution in [2.45, 2.75) is 19.1 Å². The van der Waals surface area contributed by atoms with Crippen LogP contribution in [0.1, 0.15) is 25.0 Å². The van der Waals surface area contributed by atoms with Gasteiger partial charge in [-0.2, -0.15) is 0 Å². The first-order valence-corrected chi connectivity index (χ1v) is 7.92. The van der Waals surface area contributed by atoms with Crippen LogP contribution in [0.5, 0.6) is 0 Å². The van der Waals surface area contributed by atoms with Gasteiger partial charge in [0, 0.05) is 6.54 Å². The maximum absolute atomic E-state index is 12.5. The summed E-state index contributed by atoms with van der Waals surface area (Å²) in [4.78, 5) is 25.6. The first-order valence-electron chi connectivity index (χ1n) is 7.92. The molecule has 0 radical (unpaired) electrons. The van der Waals surface area contributed by atoms with Gasteiger partial charge in [0.1, 0.15) is 6.61 Å². The third-order valence-corrected chi connectivity index (χ3v) is 4.30. The van der Waals surface area contributed by atoms with Crippen LogP contribution in [0.25, 0.3) is 0 Å². The number of benzene rings is 2. The van der Waals surface area contributed by atoms with Gasteiger partial charge in [0.05, 0.1) is 12.0 Å². The zero-order valence-corrected chi connectivity index (χ0v) is 16.2. The van der Waals surface area contributed by atoms with Crippen LogP contribution in [0.2, 0.25) is 0 Å². The maximum atomic E-state index is 12.5. The van der Waals surface area contributed by atoms with Crippen molar-refractivity contribution in [1.29, 1.82) is 0 Å². The van der Waals surface area contributed by atoms with Gasteiger partial charge < -0.3 is 16.2 Å². The molecule has 6 heteroatoms. The molecule has 126 valence electrons. The fraction of sp³-hybridized carbons (Fsp3) is 0.263. The molecular formula is C19H20NNaO4. The number of aliphatic carboxylic acids is 1. The van der Waals surface area contributed by atoms with Crippen molar-refractivity contribution in [3.8, 4) is 0 Å². The molecule has 1 fully saturated rings. The summed E-state index contributed by atoms with van der Waals surface area (Å²) in [5, 5.41) is 9.47. The number of hydrogen-bond acceptors (Lipinski definition) is 3. The SMILES string of the molecule is O=C(O)[C@H]1CCN(C(=O)OCc2ccccc2)[C@@H]1c1ccccc1.[H-].[Na+]. The van der Waals surface area contributed by atoms with Crippen molar-refractivity contribution in [2.24, 2.45) is 5.92 Å². The van der Waals surface area contributed by atoms with Crippen molar-refractivity contribution in [3.63, 3.8) is 0 Å². The Morgan fingerprint density at radius 1 is 1.08 bits per heavy atom. The minimum atomic E-state index is -0.887. The van der Waals surface area contributed by atoms with Crippen LogP contribution >= 0.6 is 0 Å². The first-order chi connectivity index (χ1) is 11.7. The number of carboxylic acid groups (broad SMARTS) is 1. The Bertz CT molecular complexity index is 714. The van der Waals surface area contributed by atoms with Crippen LogP contribution in [0.15, 0.2) is 60.7 Å². The van der Waals surface area contributed by atoms with Gasteiger partial charge in [-0.15, -0.1) is 0 Å². The van der Waals surface area contributed by atoms with E-state index in [1.807, 2.05) is 60.7 Å². The number of amides is 1. The first kappa shape index (κ1) is 19.5. The number of carbonyl (C=O) groups is 2.